The third-order valence-corrected chi connectivity index (χ3v) is 5.55. The molecule has 3 aromatic rings. The standard InChI is InChI=1S/C20H19N3O2S/c1-13-8-9-14(20(25)23-10-4-5-11-23)12-16(13)21-19(24)18-15-6-2-3-7-17(15)26-22-18/h2-3,6-9,12H,4-5,10-11H2,1H3,(H,21,24). The molecule has 5 nitrogen and oxygen atoms in total. The Kier molecular flexibility index (Phi) is 4.42. The molecular formula is C20H19N3O2S. The predicted octanol–water partition coefficient (Wildman–Crippen LogP) is 4.09. The fourth-order valence-corrected chi connectivity index (χ4v) is 4.00. The maximum Gasteiger partial charge on any atom is 0.276 e. The number of anilines is 1. The minimum Gasteiger partial charge on any atom is -0.339 e. The molecule has 0 saturated carbocycles. The van der Waals surface area contributed by atoms with E-state index in [4.69, 9.17) is 0 Å². The number of hydrogen-bond donors (Lipinski definition) is 1. The van der Waals surface area contributed by atoms with E-state index < -0.39 is 0 Å². The summed E-state index contributed by atoms with van der Waals surface area (Å²) in [6.07, 6.45) is 2.11. The number of nitrogens with one attached hydrogen (secondary N) is 1. The molecule has 6 heteroatoms. The lowest BCUT2D eigenvalue weighted by molar-refractivity contribution is 0.0792. The van der Waals surface area contributed by atoms with E-state index in [0.29, 0.717) is 16.9 Å². The van der Waals surface area contributed by atoms with Crippen molar-refractivity contribution < 1.29 is 9.59 Å². The highest BCUT2D eigenvalue weighted by Gasteiger charge is 2.21. The van der Waals surface area contributed by atoms with Crippen molar-refractivity contribution in [2.75, 3.05) is 18.4 Å². The molecular weight excluding hydrogens is 346 g/mol. The van der Waals surface area contributed by atoms with Crippen molar-refractivity contribution in [1.29, 1.82) is 0 Å². The lowest BCUT2D eigenvalue weighted by atomic mass is 10.1. The molecule has 2 heterocycles. The molecule has 1 saturated heterocycles. The molecule has 0 unspecified atom stereocenters. The Morgan fingerprint density at radius 2 is 1.88 bits per heavy atom. The van der Waals surface area contributed by atoms with Gasteiger partial charge in [-0.1, -0.05) is 24.3 Å². The molecule has 0 bridgehead atoms. The smallest absolute Gasteiger partial charge is 0.276 e. The van der Waals surface area contributed by atoms with Gasteiger partial charge < -0.3 is 10.2 Å². The van der Waals surface area contributed by atoms with Gasteiger partial charge in [-0.3, -0.25) is 9.59 Å². The summed E-state index contributed by atoms with van der Waals surface area (Å²) in [5.41, 5.74) is 2.59. The van der Waals surface area contributed by atoms with Gasteiger partial charge in [-0.2, -0.15) is 4.37 Å². The first kappa shape index (κ1) is 16.7. The zero-order valence-corrected chi connectivity index (χ0v) is 15.3. The number of hydrogen-bond acceptors (Lipinski definition) is 4. The summed E-state index contributed by atoms with van der Waals surface area (Å²) in [5, 5.41) is 3.77. The molecule has 4 rings (SSSR count). The van der Waals surface area contributed by atoms with Crippen LogP contribution in [0.2, 0.25) is 0 Å². The number of aromatic nitrogens is 1. The summed E-state index contributed by atoms with van der Waals surface area (Å²) in [6, 6.07) is 13.1. The van der Waals surface area contributed by atoms with Crippen molar-refractivity contribution in [1.82, 2.24) is 9.27 Å². The normalized spacial score (nSPS) is 14.0. The summed E-state index contributed by atoms with van der Waals surface area (Å²) < 4.78 is 5.28. The summed E-state index contributed by atoms with van der Waals surface area (Å²) in [5.74, 6) is -0.228. The number of carbonyl (C=O) groups excluding carboxylic acids is 2. The van der Waals surface area contributed by atoms with Gasteiger partial charge >= 0.3 is 0 Å². The van der Waals surface area contributed by atoms with Gasteiger partial charge in [0.2, 0.25) is 0 Å². The maximum atomic E-state index is 12.7. The molecule has 0 radical (unpaired) electrons. The van der Waals surface area contributed by atoms with E-state index in [0.717, 1.165) is 41.6 Å². The molecule has 0 aliphatic carbocycles. The lowest BCUT2D eigenvalue weighted by Gasteiger charge is -2.16. The van der Waals surface area contributed by atoms with Gasteiger partial charge in [0, 0.05) is 29.7 Å². The van der Waals surface area contributed by atoms with E-state index in [-0.39, 0.29) is 11.8 Å². The maximum absolute atomic E-state index is 12.7. The van der Waals surface area contributed by atoms with E-state index in [2.05, 4.69) is 9.69 Å². The SMILES string of the molecule is Cc1ccc(C(=O)N2CCCC2)cc1NC(=O)c1nsc2ccccc12. The molecule has 2 amide bonds. The molecule has 1 aliphatic heterocycles. The van der Waals surface area contributed by atoms with Gasteiger partial charge in [0.15, 0.2) is 0 Å². The van der Waals surface area contributed by atoms with Crippen LogP contribution in [0.15, 0.2) is 42.5 Å². The van der Waals surface area contributed by atoms with Gasteiger partial charge in [-0.15, -0.1) is 0 Å². The molecule has 26 heavy (non-hydrogen) atoms. The first-order valence-electron chi connectivity index (χ1n) is 8.69. The van der Waals surface area contributed by atoms with Gasteiger partial charge in [0.1, 0.15) is 5.69 Å². The average molecular weight is 365 g/mol. The van der Waals surface area contributed by atoms with Gasteiger partial charge in [-0.25, -0.2) is 0 Å². The number of likely N-dealkylation sites (tertiary alicyclic amines) is 1. The van der Waals surface area contributed by atoms with Crippen molar-refractivity contribution in [3.05, 3.63) is 59.3 Å². The first-order valence-corrected chi connectivity index (χ1v) is 9.46. The van der Waals surface area contributed by atoms with Crippen LogP contribution in [0.1, 0.15) is 39.3 Å². The van der Waals surface area contributed by atoms with Crippen LogP contribution in [0.25, 0.3) is 10.1 Å². The molecule has 1 aromatic heterocycles. The van der Waals surface area contributed by atoms with Crippen molar-refractivity contribution in [3.8, 4) is 0 Å². The molecule has 1 fully saturated rings. The molecule has 0 spiro atoms. The van der Waals surface area contributed by atoms with E-state index in [1.54, 1.807) is 6.07 Å². The number of rotatable bonds is 3. The predicted molar refractivity (Wildman–Crippen MR) is 104 cm³/mol. The van der Waals surface area contributed by atoms with Gasteiger partial charge in [-0.05, 0) is 55.1 Å². The second kappa shape index (κ2) is 6.88. The van der Waals surface area contributed by atoms with Crippen LogP contribution in [-0.4, -0.2) is 34.2 Å². The fraction of sp³-hybridized carbons (Fsp3) is 0.250. The lowest BCUT2D eigenvalue weighted by Crippen LogP contribution is -2.27. The largest absolute Gasteiger partial charge is 0.339 e. The quantitative estimate of drug-likeness (QED) is 0.760. The summed E-state index contributed by atoms with van der Waals surface area (Å²) in [7, 11) is 0. The zero-order valence-electron chi connectivity index (χ0n) is 14.5. The Labute approximate surface area is 155 Å². The number of fused-ring (bicyclic) bond motifs is 1. The van der Waals surface area contributed by atoms with E-state index >= 15 is 0 Å². The Morgan fingerprint density at radius 3 is 2.69 bits per heavy atom. The Morgan fingerprint density at radius 1 is 1.12 bits per heavy atom. The van der Waals surface area contributed by atoms with Crippen LogP contribution in [-0.2, 0) is 0 Å². The number of amides is 2. The average Bonchev–Trinajstić information content (AvgIpc) is 3.32. The number of carbonyl (C=O) groups is 2. The zero-order chi connectivity index (χ0) is 18.1. The van der Waals surface area contributed by atoms with Gasteiger partial charge in [0.05, 0.1) is 4.70 Å². The summed E-state index contributed by atoms with van der Waals surface area (Å²) >= 11 is 1.31. The Bertz CT molecular complexity index is 990. The second-order valence-corrected chi connectivity index (χ2v) is 7.32. The fourth-order valence-electron chi connectivity index (χ4n) is 3.22. The molecule has 132 valence electrons. The van der Waals surface area contributed by atoms with Crippen LogP contribution in [0.4, 0.5) is 5.69 Å². The first-order chi connectivity index (χ1) is 12.6. The van der Waals surface area contributed by atoms with Crippen LogP contribution >= 0.6 is 11.5 Å². The number of benzene rings is 2. The molecule has 0 atom stereocenters. The van der Waals surface area contributed by atoms with E-state index in [9.17, 15) is 9.59 Å². The summed E-state index contributed by atoms with van der Waals surface area (Å²) in [6.45, 7) is 3.53. The van der Waals surface area contributed by atoms with Gasteiger partial charge in [0.25, 0.3) is 11.8 Å². The topological polar surface area (TPSA) is 62.3 Å². The minimum atomic E-state index is -0.253. The highest BCUT2D eigenvalue weighted by Crippen LogP contribution is 2.25. The summed E-state index contributed by atoms with van der Waals surface area (Å²) in [4.78, 5) is 27.2. The third-order valence-electron chi connectivity index (χ3n) is 4.72. The van der Waals surface area contributed by atoms with Crippen LogP contribution in [0.5, 0.6) is 0 Å². The highest BCUT2D eigenvalue weighted by molar-refractivity contribution is 7.13. The van der Waals surface area contributed by atoms with E-state index in [1.807, 2.05) is 48.2 Å². The highest BCUT2D eigenvalue weighted by atomic mass is 32.1. The molecule has 1 N–H and O–H groups in total. The van der Waals surface area contributed by atoms with Crippen molar-refractivity contribution in [3.63, 3.8) is 0 Å². The Balaban J connectivity index is 1.60. The third kappa shape index (κ3) is 3.08. The van der Waals surface area contributed by atoms with Crippen LogP contribution < -0.4 is 5.32 Å². The molecule has 2 aromatic carbocycles. The van der Waals surface area contributed by atoms with Crippen molar-refractivity contribution >= 4 is 39.1 Å². The van der Waals surface area contributed by atoms with Crippen molar-refractivity contribution in [2.45, 2.75) is 19.8 Å². The number of nitrogens with zero attached hydrogens (tertiary/aromatic N) is 2. The Hall–Kier alpha value is -2.73. The van der Waals surface area contributed by atoms with Crippen LogP contribution in [0, 0.1) is 6.92 Å². The monoisotopic (exact) mass is 365 g/mol. The van der Waals surface area contributed by atoms with Crippen LogP contribution in [0.3, 0.4) is 0 Å². The number of aryl methyl sites for hydroxylation is 1. The second-order valence-electron chi connectivity index (χ2n) is 6.51. The molecule has 1 aliphatic rings. The van der Waals surface area contributed by atoms with Crippen molar-refractivity contribution in [2.24, 2.45) is 0 Å². The van der Waals surface area contributed by atoms with E-state index in [1.165, 1.54) is 11.5 Å². The minimum absolute atomic E-state index is 0.0251.